The van der Waals surface area contributed by atoms with Gasteiger partial charge in [-0.2, -0.15) is 0 Å². The lowest BCUT2D eigenvalue weighted by atomic mass is 10.0. The molecule has 0 spiro atoms. The van der Waals surface area contributed by atoms with Gasteiger partial charge in [0.2, 0.25) is 0 Å². The number of alkyl halides is 1. The van der Waals surface area contributed by atoms with Crippen molar-refractivity contribution in [1.82, 2.24) is 0 Å². The molecule has 112 valence electrons. The maximum atomic E-state index is 5.64. The van der Waals surface area contributed by atoms with Crippen LogP contribution in [0.3, 0.4) is 0 Å². The molecule has 0 nitrogen and oxygen atoms in total. The van der Waals surface area contributed by atoms with Crippen LogP contribution in [0.5, 0.6) is 0 Å². The van der Waals surface area contributed by atoms with E-state index in [4.69, 9.17) is 11.6 Å². The standard InChI is InChI=1S/C16H33Cl.BrH/c1-2-3-4-5-6-7-8-9-10-11-12-13-14-15-16-17;/h2-16H2,1H3;1H. The smallest absolute Gasteiger partial charge is 0.0223 e. The fourth-order valence-electron chi connectivity index (χ4n) is 2.29. The summed E-state index contributed by atoms with van der Waals surface area (Å²) in [5.74, 6) is 0.845. The number of rotatable bonds is 14. The second-order valence-corrected chi connectivity index (χ2v) is 5.66. The lowest BCUT2D eigenvalue weighted by molar-refractivity contribution is 0.538. The summed E-state index contributed by atoms with van der Waals surface area (Å²) in [6.45, 7) is 2.28. The zero-order valence-corrected chi connectivity index (χ0v) is 14.9. The molecule has 2 heteroatoms. The molecule has 18 heavy (non-hydrogen) atoms. The molecule has 0 aromatic heterocycles. The van der Waals surface area contributed by atoms with E-state index < -0.39 is 0 Å². The third-order valence-electron chi connectivity index (χ3n) is 3.49. The number of unbranched alkanes of at least 4 members (excludes halogenated alkanes) is 13. The quantitative estimate of drug-likeness (QED) is 0.230. The van der Waals surface area contributed by atoms with E-state index in [1.807, 2.05) is 0 Å². The second-order valence-electron chi connectivity index (χ2n) is 5.29. The predicted molar refractivity (Wildman–Crippen MR) is 91.4 cm³/mol. The molecule has 0 aromatic carbocycles. The molecule has 0 saturated heterocycles. The Morgan fingerprint density at radius 1 is 0.500 bits per heavy atom. The number of halogens is 2. The molecule has 0 radical (unpaired) electrons. The fraction of sp³-hybridized carbons (Fsp3) is 1.00. The molecule has 0 rings (SSSR count). The third-order valence-corrected chi connectivity index (χ3v) is 3.75. The predicted octanol–water partition coefficient (Wildman–Crippen LogP) is 7.28. The molecule has 0 aliphatic carbocycles. The Hall–Kier alpha value is 0.770. The van der Waals surface area contributed by atoms with Crippen LogP contribution in [0, 0.1) is 0 Å². The van der Waals surface area contributed by atoms with Gasteiger partial charge in [-0.25, -0.2) is 0 Å². The molecule has 0 aliphatic heterocycles. The van der Waals surface area contributed by atoms with Gasteiger partial charge < -0.3 is 0 Å². The van der Waals surface area contributed by atoms with Crippen LogP contribution in [0.4, 0.5) is 0 Å². The zero-order chi connectivity index (χ0) is 12.6. The van der Waals surface area contributed by atoms with E-state index in [9.17, 15) is 0 Å². The van der Waals surface area contributed by atoms with E-state index in [1.165, 1.54) is 89.9 Å². The highest BCUT2D eigenvalue weighted by atomic mass is 79.9. The minimum Gasteiger partial charge on any atom is -0.127 e. The van der Waals surface area contributed by atoms with Crippen LogP contribution >= 0.6 is 28.6 Å². The highest BCUT2D eigenvalue weighted by Gasteiger charge is 1.93. The van der Waals surface area contributed by atoms with Gasteiger partial charge in [0.25, 0.3) is 0 Å². The van der Waals surface area contributed by atoms with Crippen molar-refractivity contribution in [3.8, 4) is 0 Å². The molecule has 0 bridgehead atoms. The Morgan fingerprint density at radius 2 is 0.778 bits per heavy atom. The van der Waals surface area contributed by atoms with Crippen molar-refractivity contribution in [1.29, 1.82) is 0 Å². The summed E-state index contributed by atoms with van der Waals surface area (Å²) >= 11 is 5.64. The molecule has 0 N–H and O–H groups in total. The largest absolute Gasteiger partial charge is 0.127 e. The van der Waals surface area contributed by atoms with E-state index in [0.29, 0.717) is 0 Å². The number of hydrogen-bond donors (Lipinski definition) is 0. The molecule has 0 amide bonds. The van der Waals surface area contributed by atoms with Crippen molar-refractivity contribution in [3.05, 3.63) is 0 Å². The highest BCUT2D eigenvalue weighted by Crippen LogP contribution is 2.12. The van der Waals surface area contributed by atoms with Crippen LogP contribution in [0.25, 0.3) is 0 Å². The van der Waals surface area contributed by atoms with Crippen molar-refractivity contribution in [2.45, 2.75) is 96.8 Å². The molecule has 0 fully saturated rings. The Bertz CT molecular complexity index is 114. The fourth-order valence-corrected chi connectivity index (χ4v) is 2.48. The third kappa shape index (κ3) is 19.1. The van der Waals surface area contributed by atoms with Gasteiger partial charge in [0, 0.05) is 5.88 Å². The van der Waals surface area contributed by atoms with Crippen molar-refractivity contribution < 1.29 is 0 Å². The molecule has 0 aliphatic rings. The maximum absolute atomic E-state index is 5.64. The SMILES string of the molecule is Br.CCCCCCCCCCCCCCCCCl. The first kappa shape index (κ1) is 21.1. The summed E-state index contributed by atoms with van der Waals surface area (Å²) in [6, 6.07) is 0. The van der Waals surface area contributed by atoms with E-state index >= 15 is 0 Å². The van der Waals surface area contributed by atoms with Crippen LogP contribution < -0.4 is 0 Å². The average Bonchev–Trinajstić information content (AvgIpc) is 2.35. The van der Waals surface area contributed by atoms with E-state index in [1.54, 1.807) is 0 Å². The Labute approximate surface area is 131 Å². The Balaban J connectivity index is 0. The van der Waals surface area contributed by atoms with Crippen molar-refractivity contribution in [3.63, 3.8) is 0 Å². The molecular formula is C16H34BrCl. The van der Waals surface area contributed by atoms with Gasteiger partial charge >= 0.3 is 0 Å². The van der Waals surface area contributed by atoms with E-state index in [0.717, 1.165) is 5.88 Å². The van der Waals surface area contributed by atoms with E-state index in [-0.39, 0.29) is 17.0 Å². The van der Waals surface area contributed by atoms with Gasteiger partial charge in [-0.15, -0.1) is 28.6 Å². The lowest BCUT2D eigenvalue weighted by Gasteiger charge is -2.02. The van der Waals surface area contributed by atoms with Crippen molar-refractivity contribution in [2.24, 2.45) is 0 Å². The van der Waals surface area contributed by atoms with Gasteiger partial charge in [0.1, 0.15) is 0 Å². The molecule has 0 saturated carbocycles. The molecule has 0 atom stereocenters. The summed E-state index contributed by atoms with van der Waals surface area (Å²) in [6.07, 6.45) is 19.8. The van der Waals surface area contributed by atoms with Crippen molar-refractivity contribution in [2.75, 3.05) is 5.88 Å². The molecule has 0 aromatic rings. The average molecular weight is 342 g/mol. The van der Waals surface area contributed by atoms with Gasteiger partial charge in [-0.05, 0) is 6.42 Å². The van der Waals surface area contributed by atoms with Crippen LogP contribution in [-0.2, 0) is 0 Å². The second kappa shape index (κ2) is 20.1. The Morgan fingerprint density at radius 3 is 1.06 bits per heavy atom. The first-order chi connectivity index (χ1) is 8.41. The van der Waals surface area contributed by atoms with Gasteiger partial charge in [0.15, 0.2) is 0 Å². The van der Waals surface area contributed by atoms with Crippen molar-refractivity contribution >= 4 is 28.6 Å². The van der Waals surface area contributed by atoms with E-state index in [2.05, 4.69) is 6.92 Å². The maximum Gasteiger partial charge on any atom is 0.0223 e. The van der Waals surface area contributed by atoms with Crippen LogP contribution in [0.2, 0.25) is 0 Å². The van der Waals surface area contributed by atoms with Gasteiger partial charge in [-0.3, -0.25) is 0 Å². The lowest BCUT2D eigenvalue weighted by Crippen LogP contribution is -1.83. The van der Waals surface area contributed by atoms with Crippen LogP contribution in [-0.4, -0.2) is 5.88 Å². The van der Waals surface area contributed by atoms with Gasteiger partial charge in [0.05, 0.1) is 0 Å². The normalized spacial score (nSPS) is 10.3. The minimum absolute atomic E-state index is 0. The summed E-state index contributed by atoms with van der Waals surface area (Å²) in [4.78, 5) is 0. The topological polar surface area (TPSA) is 0 Å². The molecule has 0 unspecified atom stereocenters. The Kier molecular flexibility index (Phi) is 23.5. The first-order valence-electron chi connectivity index (χ1n) is 7.97. The molecular weight excluding hydrogens is 308 g/mol. The summed E-state index contributed by atoms with van der Waals surface area (Å²) in [7, 11) is 0. The van der Waals surface area contributed by atoms with Crippen LogP contribution in [0.1, 0.15) is 96.8 Å². The minimum atomic E-state index is 0. The summed E-state index contributed by atoms with van der Waals surface area (Å²) in [5.41, 5.74) is 0. The number of hydrogen-bond acceptors (Lipinski definition) is 0. The molecule has 0 heterocycles. The summed E-state index contributed by atoms with van der Waals surface area (Å²) < 4.78 is 0. The zero-order valence-electron chi connectivity index (χ0n) is 12.4. The monoisotopic (exact) mass is 340 g/mol. The summed E-state index contributed by atoms with van der Waals surface area (Å²) in [5, 5.41) is 0. The first-order valence-corrected chi connectivity index (χ1v) is 8.51. The highest BCUT2D eigenvalue weighted by molar-refractivity contribution is 8.93. The van der Waals surface area contributed by atoms with Crippen LogP contribution in [0.15, 0.2) is 0 Å². The van der Waals surface area contributed by atoms with Gasteiger partial charge in [-0.1, -0.05) is 90.4 Å².